The van der Waals surface area contributed by atoms with Crippen LogP contribution in [0.25, 0.3) is 0 Å². The number of nitrogens with zero attached hydrogens (tertiary/aromatic N) is 1. The molecule has 1 fully saturated rings. The van der Waals surface area contributed by atoms with Gasteiger partial charge in [0.05, 0.1) is 0 Å². The second-order valence-corrected chi connectivity index (χ2v) is 6.16. The van der Waals surface area contributed by atoms with Gasteiger partial charge in [-0.2, -0.15) is 0 Å². The number of hydrogen-bond donors (Lipinski definition) is 0. The van der Waals surface area contributed by atoms with Crippen LogP contribution in [0, 0.1) is 5.92 Å². The first-order valence-electron chi connectivity index (χ1n) is 6.63. The van der Waals surface area contributed by atoms with E-state index in [0.717, 1.165) is 34.7 Å². The van der Waals surface area contributed by atoms with Gasteiger partial charge in [0.1, 0.15) is 0 Å². The SMILES string of the molecule is CC(=O)c1cc(Br)ccc1N1CCCC(C)CC1. The van der Waals surface area contributed by atoms with Gasteiger partial charge in [-0.25, -0.2) is 0 Å². The van der Waals surface area contributed by atoms with Crippen LogP contribution in [0.3, 0.4) is 0 Å². The minimum Gasteiger partial charge on any atom is -0.371 e. The highest BCUT2D eigenvalue weighted by molar-refractivity contribution is 9.10. The Morgan fingerprint density at radius 3 is 2.83 bits per heavy atom. The Balaban J connectivity index is 2.29. The van der Waals surface area contributed by atoms with E-state index in [-0.39, 0.29) is 5.78 Å². The molecule has 2 nitrogen and oxygen atoms in total. The smallest absolute Gasteiger partial charge is 0.161 e. The molecule has 0 N–H and O–H groups in total. The van der Waals surface area contributed by atoms with Crippen molar-refractivity contribution < 1.29 is 4.79 Å². The number of Topliss-reactive ketones (excluding diaryl/α,β-unsaturated/α-hetero) is 1. The van der Waals surface area contributed by atoms with Gasteiger partial charge in [-0.3, -0.25) is 4.79 Å². The lowest BCUT2D eigenvalue weighted by atomic mass is 10.0. The van der Waals surface area contributed by atoms with E-state index >= 15 is 0 Å². The zero-order valence-corrected chi connectivity index (χ0v) is 12.7. The van der Waals surface area contributed by atoms with Crippen LogP contribution in [0.2, 0.25) is 0 Å². The Morgan fingerprint density at radius 2 is 2.11 bits per heavy atom. The molecule has 0 aromatic heterocycles. The highest BCUT2D eigenvalue weighted by atomic mass is 79.9. The molecule has 1 atom stereocenters. The van der Waals surface area contributed by atoms with E-state index in [1.165, 1.54) is 19.3 Å². The van der Waals surface area contributed by atoms with Gasteiger partial charge in [-0.05, 0) is 50.3 Å². The summed E-state index contributed by atoms with van der Waals surface area (Å²) in [4.78, 5) is 14.1. The first-order valence-corrected chi connectivity index (χ1v) is 7.42. The molecule has 0 amide bonds. The summed E-state index contributed by atoms with van der Waals surface area (Å²) in [7, 11) is 0. The van der Waals surface area contributed by atoms with Gasteiger partial charge >= 0.3 is 0 Å². The molecular formula is C15H20BrNO. The van der Waals surface area contributed by atoms with Crippen LogP contribution in [-0.2, 0) is 0 Å². The van der Waals surface area contributed by atoms with Crippen molar-refractivity contribution in [3.8, 4) is 0 Å². The predicted molar refractivity (Wildman–Crippen MR) is 79.4 cm³/mol. The second kappa shape index (κ2) is 5.87. The molecule has 1 heterocycles. The van der Waals surface area contributed by atoms with Crippen LogP contribution in [0.4, 0.5) is 5.69 Å². The fourth-order valence-electron chi connectivity index (χ4n) is 2.57. The quantitative estimate of drug-likeness (QED) is 0.760. The molecule has 1 aromatic carbocycles. The molecule has 1 saturated heterocycles. The fraction of sp³-hybridized carbons (Fsp3) is 0.533. The number of rotatable bonds is 2. The molecule has 0 aliphatic carbocycles. The van der Waals surface area contributed by atoms with E-state index in [1.54, 1.807) is 6.92 Å². The summed E-state index contributed by atoms with van der Waals surface area (Å²) in [6, 6.07) is 6.03. The number of ketones is 1. The molecule has 0 bridgehead atoms. The van der Waals surface area contributed by atoms with E-state index in [9.17, 15) is 4.79 Å². The molecule has 0 spiro atoms. The Morgan fingerprint density at radius 1 is 1.33 bits per heavy atom. The highest BCUT2D eigenvalue weighted by Crippen LogP contribution is 2.28. The van der Waals surface area contributed by atoms with Crippen molar-refractivity contribution in [1.29, 1.82) is 0 Å². The summed E-state index contributed by atoms with van der Waals surface area (Å²) in [5.41, 5.74) is 1.93. The van der Waals surface area contributed by atoms with Crippen LogP contribution in [0.5, 0.6) is 0 Å². The summed E-state index contributed by atoms with van der Waals surface area (Å²) in [6.45, 7) is 6.08. The van der Waals surface area contributed by atoms with E-state index < -0.39 is 0 Å². The molecule has 2 rings (SSSR count). The number of anilines is 1. The number of halogens is 1. The van der Waals surface area contributed by atoms with Crippen molar-refractivity contribution in [2.75, 3.05) is 18.0 Å². The number of carbonyl (C=O) groups excluding carboxylic acids is 1. The Hall–Kier alpha value is -0.830. The molecule has 0 saturated carbocycles. The average molecular weight is 310 g/mol. The van der Waals surface area contributed by atoms with Crippen molar-refractivity contribution in [3.63, 3.8) is 0 Å². The highest BCUT2D eigenvalue weighted by Gasteiger charge is 2.18. The molecule has 18 heavy (non-hydrogen) atoms. The van der Waals surface area contributed by atoms with Crippen molar-refractivity contribution in [2.45, 2.75) is 33.1 Å². The van der Waals surface area contributed by atoms with Crippen molar-refractivity contribution in [1.82, 2.24) is 0 Å². The van der Waals surface area contributed by atoms with Gasteiger partial charge in [0.2, 0.25) is 0 Å². The van der Waals surface area contributed by atoms with Crippen molar-refractivity contribution in [2.24, 2.45) is 5.92 Å². The van der Waals surface area contributed by atoms with Crippen LogP contribution >= 0.6 is 15.9 Å². The molecule has 1 aliphatic rings. The first-order chi connectivity index (χ1) is 8.58. The van der Waals surface area contributed by atoms with Gasteiger partial charge in [0, 0.05) is 28.8 Å². The van der Waals surface area contributed by atoms with Crippen LogP contribution in [0.15, 0.2) is 22.7 Å². The molecule has 98 valence electrons. The Kier molecular flexibility index (Phi) is 4.44. The third-order valence-corrected chi connectivity index (χ3v) is 4.19. The lowest BCUT2D eigenvalue weighted by Gasteiger charge is -2.25. The monoisotopic (exact) mass is 309 g/mol. The maximum absolute atomic E-state index is 11.8. The minimum absolute atomic E-state index is 0.142. The van der Waals surface area contributed by atoms with E-state index in [0.29, 0.717) is 0 Å². The Labute approximate surface area is 117 Å². The number of benzene rings is 1. The maximum Gasteiger partial charge on any atom is 0.161 e. The molecule has 1 aliphatic heterocycles. The molecule has 3 heteroatoms. The maximum atomic E-state index is 11.8. The zero-order valence-electron chi connectivity index (χ0n) is 11.1. The van der Waals surface area contributed by atoms with Gasteiger partial charge < -0.3 is 4.90 Å². The molecule has 1 aromatic rings. The zero-order chi connectivity index (χ0) is 13.1. The van der Waals surface area contributed by atoms with Gasteiger partial charge in [0.25, 0.3) is 0 Å². The first kappa shape index (κ1) is 13.6. The average Bonchev–Trinajstić information content (AvgIpc) is 2.54. The normalized spacial score (nSPS) is 20.6. The molecular weight excluding hydrogens is 290 g/mol. The summed E-state index contributed by atoms with van der Waals surface area (Å²) < 4.78 is 0.972. The summed E-state index contributed by atoms with van der Waals surface area (Å²) in [6.07, 6.45) is 3.73. The van der Waals surface area contributed by atoms with Crippen LogP contribution < -0.4 is 4.90 Å². The van der Waals surface area contributed by atoms with Crippen molar-refractivity contribution >= 4 is 27.4 Å². The lowest BCUT2D eigenvalue weighted by Crippen LogP contribution is -2.25. The minimum atomic E-state index is 0.142. The summed E-state index contributed by atoms with van der Waals surface area (Å²) >= 11 is 3.44. The second-order valence-electron chi connectivity index (χ2n) is 5.24. The number of hydrogen-bond acceptors (Lipinski definition) is 2. The standard InChI is InChI=1S/C15H20BrNO/c1-11-4-3-8-17(9-7-11)15-6-5-13(16)10-14(15)12(2)18/h5-6,10-11H,3-4,7-9H2,1-2H3. The topological polar surface area (TPSA) is 20.3 Å². The third kappa shape index (κ3) is 3.14. The Bertz CT molecular complexity index is 444. The van der Waals surface area contributed by atoms with Crippen molar-refractivity contribution in [3.05, 3.63) is 28.2 Å². The largest absolute Gasteiger partial charge is 0.371 e. The fourth-order valence-corrected chi connectivity index (χ4v) is 2.93. The van der Waals surface area contributed by atoms with Crippen LogP contribution in [0.1, 0.15) is 43.5 Å². The van der Waals surface area contributed by atoms with E-state index in [1.807, 2.05) is 12.1 Å². The van der Waals surface area contributed by atoms with Crippen LogP contribution in [-0.4, -0.2) is 18.9 Å². The molecule has 1 unspecified atom stereocenters. The third-order valence-electron chi connectivity index (χ3n) is 3.70. The van der Waals surface area contributed by atoms with Gasteiger partial charge in [-0.15, -0.1) is 0 Å². The van der Waals surface area contributed by atoms with Gasteiger partial charge in [0.15, 0.2) is 5.78 Å². The van der Waals surface area contributed by atoms with E-state index in [2.05, 4.69) is 33.8 Å². The number of carbonyl (C=O) groups is 1. The van der Waals surface area contributed by atoms with E-state index in [4.69, 9.17) is 0 Å². The lowest BCUT2D eigenvalue weighted by molar-refractivity contribution is 0.101. The summed E-state index contributed by atoms with van der Waals surface area (Å²) in [5.74, 6) is 0.940. The summed E-state index contributed by atoms with van der Waals surface area (Å²) in [5, 5.41) is 0. The molecule has 0 radical (unpaired) electrons. The van der Waals surface area contributed by atoms with Gasteiger partial charge in [-0.1, -0.05) is 22.9 Å². The predicted octanol–water partition coefficient (Wildman–Crippen LogP) is 4.28.